The summed E-state index contributed by atoms with van der Waals surface area (Å²) >= 11 is 0. The van der Waals surface area contributed by atoms with E-state index in [1.807, 2.05) is 26.1 Å². The first-order valence-corrected chi connectivity index (χ1v) is 6.66. The first-order chi connectivity index (χ1) is 8.93. The number of ether oxygens (including phenoxy) is 2. The topological polar surface area (TPSA) is 50.7 Å². The molecule has 4 nitrogen and oxygen atoms in total. The van der Waals surface area contributed by atoms with Gasteiger partial charge in [0, 0.05) is 12.0 Å². The summed E-state index contributed by atoms with van der Waals surface area (Å²) in [6.45, 7) is 7.98. The normalized spacial score (nSPS) is 18.8. The van der Waals surface area contributed by atoms with Gasteiger partial charge in [-0.2, -0.15) is 0 Å². The van der Waals surface area contributed by atoms with Crippen molar-refractivity contribution in [1.29, 1.82) is 0 Å². The Morgan fingerprint density at radius 2 is 1.84 bits per heavy atom. The summed E-state index contributed by atoms with van der Waals surface area (Å²) in [6.07, 6.45) is -0.532. The number of hydrogen-bond donors (Lipinski definition) is 2. The molecular weight excluding hydrogens is 242 g/mol. The Balaban J connectivity index is 2.31. The lowest BCUT2D eigenvalue weighted by Crippen LogP contribution is -2.26. The fourth-order valence-electron chi connectivity index (χ4n) is 2.15. The van der Waals surface area contributed by atoms with Crippen molar-refractivity contribution in [3.8, 4) is 11.5 Å². The Bertz CT molecular complexity index is 457. The smallest absolute Gasteiger partial charge is 0.161 e. The van der Waals surface area contributed by atoms with Gasteiger partial charge in [-0.05, 0) is 37.2 Å². The van der Waals surface area contributed by atoms with Gasteiger partial charge in [0.25, 0.3) is 0 Å². The van der Waals surface area contributed by atoms with Crippen LogP contribution in [-0.2, 0) is 0 Å². The molecule has 0 bridgehead atoms. The lowest BCUT2D eigenvalue weighted by Gasteiger charge is -2.19. The summed E-state index contributed by atoms with van der Waals surface area (Å²) in [5, 5.41) is 13.1. The molecule has 1 aliphatic heterocycles. The molecule has 1 heterocycles. The molecule has 19 heavy (non-hydrogen) atoms. The first kappa shape index (κ1) is 14.2. The number of aliphatic hydroxyl groups is 1. The lowest BCUT2D eigenvalue weighted by atomic mass is 9.97. The molecule has 0 amide bonds. The highest BCUT2D eigenvalue weighted by Gasteiger charge is 2.26. The molecule has 1 unspecified atom stereocenters. The van der Waals surface area contributed by atoms with E-state index < -0.39 is 6.10 Å². The summed E-state index contributed by atoms with van der Waals surface area (Å²) in [5.74, 6) is 1.49. The van der Waals surface area contributed by atoms with E-state index in [1.54, 1.807) is 0 Å². The molecule has 0 fully saturated rings. The van der Waals surface area contributed by atoms with Gasteiger partial charge in [0.2, 0.25) is 0 Å². The van der Waals surface area contributed by atoms with Crippen LogP contribution in [0, 0.1) is 12.3 Å². The number of aliphatic hydroxyl groups excluding tert-OH is 1. The Morgan fingerprint density at radius 3 is 2.42 bits per heavy atom. The molecular formula is C15H23NO3. The van der Waals surface area contributed by atoms with Crippen LogP contribution >= 0.6 is 0 Å². The molecule has 1 aromatic rings. The minimum absolute atomic E-state index is 0.00330. The van der Waals surface area contributed by atoms with Crippen LogP contribution in [0.5, 0.6) is 11.5 Å². The second-order valence-electron chi connectivity index (χ2n) is 5.97. The average molecular weight is 265 g/mol. The number of likely N-dealkylation sites (N-methyl/N-ethyl adjacent to an activating group) is 1. The largest absolute Gasteiger partial charge is 0.489 e. The molecule has 0 spiro atoms. The van der Waals surface area contributed by atoms with Gasteiger partial charge in [-0.25, -0.2) is 0 Å². The Labute approximate surface area is 114 Å². The maximum Gasteiger partial charge on any atom is 0.161 e. The number of aryl methyl sites for hydroxylation is 1. The summed E-state index contributed by atoms with van der Waals surface area (Å²) < 4.78 is 11.6. The van der Waals surface area contributed by atoms with Gasteiger partial charge in [0.05, 0.1) is 19.3 Å². The van der Waals surface area contributed by atoms with Gasteiger partial charge in [0.1, 0.15) is 0 Å². The summed E-state index contributed by atoms with van der Waals surface area (Å²) in [7, 11) is 1.82. The highest BCUT2D eigenvalue weighted by molar-refractivity contribution is 5.48. The molecule has 2 N–H and O–H groups in total. The molecule has 0 saturated heterocycles. The molecule has 4 heteroatoms. The summed E-state index contributed by atoms with van der Waals surface area (Å²) in [5.41, 5.74) is 1.90. The highest BCUT2D eigenvalue weighted by Crippen LogP contribution is 2.37. The van der Waals surface area contributed by atoms with E-state index in [0.717, 1.165) is 22.6 Å². The number of benzene rings is 1. The van der Waals surface area contributed by atoms with Crippen molar-refractivity contribution in [2.24, 2.45) is 5.41 Å². The quantitative estimate of drug-likeness (QED) is 0.878. The van der Waals surface area contributed by atoms with Gasteiger partial charge in [-0.3, -0.25) is 0 Å². The third-order valence-electron chi connectivity index (χ3n) is 3.33. The third-order valence-corrected chi connectivity index (χ3v) is 3.33. The van der Waals surface area contributed by atoms with Crippen molar-refractivity contribution >= 4 is 0 Å². The number of rotatable bonds is 3. The maximum absolute atomic E-state index is 10.1. The zero-order valence-corrected chi connectivity index (χ0v) is 12.1. The molecule has 1 aliphatic rings. The van der Waals surface area contributed by atoms with Gasteiger partial charge in [0.15, 0.2) is 11.5 Å². The van der Waals surface area contributed by atoms with E-state index in [0.29, 0.717) is 19.8 Å². The zero-order valence-electron chi connectivity index (χ0n) is 12.1. The van der Waals surface area contributed by atoms with E-state index in [-0.39, 0.29) is 5.41 Å². The minimum Gasteiger partial charge on any atom is -0.489 e. The van der Waals surface area contributed by atoms with Crippen LogP contribution in [0.4, 0.5) is 0 Å². The highest BCUT2D eigenvalue weighted by atomic mass is 16.5. The Kier molecular flexibility index (Phi) is 4.02. The predicted molar refractivity (Wildman–Crippen MR) is 74.8 cm³/mol. The molecule has 0 aliphatic carbocycles. The standard InChI is InChI=1S/C15H23NO3/c1-10-5-13-14(6-11(10)12(17)7-16-4)19-9-15(2,3)8-18-13/h5-6,12,16-17H,7-9H2,1-4H3. The van der Waals surface area contributed by atoms with Crippen molar-refractivity contribution in [2.45, 2.75) is 26.9 Å². The fourth-order valence-corrected chi connectivity index (χ4v) is 2.15. The van der Waals surface area contributed by atoms with Crippen LogP contribution in [0.3, 0.4) is 0 Å². The van der Waals surface area contributed by atoms with Crippen LogP contribution < -0.4 is 14.8 Å². The van der Waals surface area contributed by atoms with Gasteiger partial charge in [-0.1, -0.05) is 13.8 Å². The minimum atomic E-state index is -0.532. The number of fused-ring (bicyclic) bond motifs is 1. The van der Waals surface area contributed by atoms with Crippen LogP contribution in [0.1, 0.15) is 31.1 Å². The number of hydrogen-bond acceptors (Lipinski definition) is 4. The van der Waals surface area contributed by atoms with Gasteiger partial charge >= 0.3 is 0 Å². The van der Waals surface area contributed by atoms with Gasteiger partial charge in [-0.15, -0.1) is 0 Å². The molecule has 1 atom stereocenters. The van der Waals surface area contributed by atoms with Crippen LogP contribution in [-0.4, -0.2) is 31.9 Å². The molecule has 2 rings (SSSR count). The van der Waals surface area contributed by atoms with Crippen LogP contribution in [0.15, 0.2) is 12.1 Å². The van der Waals surface area contributed by atoms with Crippen molar-refractivity contribution in [3.63, 3.8) is 0 Å². The van der Waals surface area contributed by atoms with E-state index in [4.69, 9.17) is 9.47 Å². The first-order valence-electron chi connectivity index (χ1n) is 6.66. The second-order valence-corrected chi connectivity index (χ2v) is 5.97. The van der Waals surface area contributed by atoms with E-state index in [9.17, 15) is 5.11 Å². The van der Waals surface area contributed by atoms with Crippen LogP contribution in [0.25, 0.3) is 0 Å². The zero-order chi connectivity index (χ0) is 14.0. The second kappa shape index (κ2) is 5.39. The number of nitrogens with one attached hydrogen (secondary N) is 1. The molecule has 0 radical (unpaired) electrons. The molecule has 0 saturated carbocycles. The maximum atomic E-state index is 10.1. The van der Waals surface area contributed by atoms with Crippen molar-refractivity contribution in [3.05, 3.63) is 23.3 Å². The lowest BCUT2D eigenvalue weighted by molar-refractivity contribution is 0.140. The SMILES string of the molecule is CNCC(O)c1cc2c(cc1C)OCC(C)(C)CO2. The molecule has 106 valence electrons. The van der Waals surface area contributed by atoms with E-state index in [1.165, 1.54) is 0 Å². The molecule has 1 aromatic carbocycles. The predicted octanol–water partition coefficient (Wildman–Crippen LogP) is 2.05. The molecule has 0 aromatic heterocycles. The van der Waals surface area contributed by atoms with E-state index in [2.05, 4.69) is 19.2 Å². The average Bonchev–Trinajstić information content (AvgIpc) is 2.48. The van der Waals surface area contributed by atoms with E-state index >= 15 is 0 Å². The Hall–Kier alpha value is -1.26. The Morgan fingerprint density at radius 1 is 1.26 bits per heavy atom. The summed E-state index contributed by atoms with van der Waals surface area (Å²) in [4.78, 5) is 0. The summed E-state index contributed by atoms with van der Waals surface area (Å²) in [6, 6.07) is 3.85. The monoisotopic (exact) mass is 265 g/mol. The van der Waals surface area contributed by atoms with Crippen molar-refractivity contribution in [1.82, 2.24) is 5.32 Å². The van der Waals surface area contributed by atoms with Crippen molar-refractivity contribution < 1.29 is 14.6 Å². The van der Waals surface area contributed by atoms with Crippen molar-refractivity contribution in [2.75, 3.05) is 26.8 Å². The fraction of sp³-hybridized carbons (Fsp3) is 0.600. The van der Waals surface area contributed by atoms with Gasteiger partial charge < -0.3 is 19.9 Å². The third kappa shape index (κ3) is 3.19. The van der Waals surface area contributed by atoms with Crippen LogP contribution in [0.2, 0.25) is 0 Å².